The molecule has 11 aromatic carbocycles. The predicted molar refractivity (Wildman–Crippen MR) is 265 cm³/mol. The Labute approximate surface area is 368 Å². The van der Waals surface area contributed by atoms with E-state index in [1.54, 1.807) is 0 Å². The van der Waals surface area contributed by atoms with Crippen LogP contribution in [0.4, 0.5) is 0 Å². The van der Waals surface area contributed by atoms with E-state index in [1.807, 2.05) is 0 Å². The lowest BCUT2D eigenvalue weighted by molar-refractivity contribution is 0.794. The third-order valence-electron chi connectivity index (χ3n) is 13.9. The van der Waals surface area contributed by atoms with Crippen LogP contribution in [-0.2, 0) is 5.41 Å². The van der Waals surface area contributed by atoms with E-state index >= 15 is 0 Å². The second-order valence-electron chi connectivity index (χ2n) is 17.1. The molecule has 0 heterocycles. The highest BCUT2D eigenvalue weighted by Gasteiger charge is 2.51. The smallest absolute Gasteiger partial charge is 0.0622 e. The van der Waals surface area contributed by atoms with E-state index in [2.05, 4.69) is 243 Å². The van der Waals surface area contributed by atoms with Gasteiger partial charge >= 0.3 is 0 Å². The highest BCUT2D eigenvalue weighted by atomic mass is 14.5. The van der Waals surface area contributed by atoms with Crippen molar-refractivity contribution in [3.8, 4) is 77.9 Å². The zero-order valence-electron chi connectivity index (χ0n) is 34.6. The molecule has 0 fully saturated rings. The molecule has 0 bridgehead atoms. The summed E-state index contributed by atoms with van der Waals surface area (Å²) in [5, 5.41) is 5.03. The Morgan fingerprint density at radius 2 is 0.508 bits per heavy atom. The zero-order valence-corrected chi connectivity index (χ0v) is 34.6. The second-order valence-corrected chi connectivity index (χ2v) is 17.1. The first-order valence-corrected chi connectivity index (χ1v) is 22.0. The number of hydrogen-bond acceptors (Lipinski definition) is 0. The average molecular weight is 797 g/mol. The van der Waals surface area contributed by atoms with E-state index in [1.165, 1.54) is 122 Å². The van der Waals surface area contributed by atoms with Crippen LogP contribution in [0.25, 0.3) is 99.4 Å². The molecule has 0 heteroatoms. The van der Waals surface area contributed by atoms with Crippen molar-refractivity contribution >= 4 is 21.5 Å². The van der Waals surface area contributed by atoms with Crippen molar-refractivity contribution in [1.29, 1.82) is 0 Å². The Bertz CT molecular complexity index is 3420. The van der Waals surface area contributed by atoms with Crippen molar-refractivity contribution in [1.82, 2.24) is 0 Å². The van der Waals surface area contributed by atoms with Crippen LogP contribution in [0, 0.1) is 0 Å². The van der Waals surface area contributed by atoms with Gasteiger partial charge in [-0.2, -0.15) is 0 Å². The molecular formula is C63H40. The molecule has 13 rings (SSSR count). The number of hydrogen-bond donors (Lipinski definition) is 0. The van der Waals surface area contributed by atoms with Crippen LogP contribution in [0.5, 0.6) is 0 Å². The summed E-state index contributed by atoms with van der Waals surface area (Å²) in [6.07, 6.45) is 0. The normalized spacial score (nSPS) is 12.9. The van der Waals surface area contributed by atoms with Crippen molar-refractivity contribution in [3.63, 3.8) is 0 Å². The van der Waals surface area contributed by atoms with Gasteiger partial charge in [0.2, 0.25) is 0 Å². The van der Waals surface area contributed by atoms with Gasteiger partial charge in [-0.15, -0.1) is 0 Å². The van der Waals surface area contributed by atoms with Gasteiger partial charge in [-0.05, 0) is 146 Å². The van der Waals surface area contributed by atoms with Gasteiger partial charge in [-0.25, -0.2) is 0 Å². The van der Waals surface area contributed by atoms with Crippen molar-refractivity contribution in [2.45, 2.75) is 5.41 Å². The van der Waals surface area contributed by atoms with E-state index in [9.17, 15) is 0 Å². The lowest BCUT2D eigenvalue weighted by atomic mass is 9.70. The third kappa shape index (κ3) is 5.28. The first-order valence-electron chi connectivity index (χ1n) is 22.0. The molecule has 0 nitrogen and oxygen atoms in total. The Morgan fingerprint density at radius 3 is 0.952 bits per heavy atom. The quantitative estimate of drug-likeness (QED) is 0.152. The van der Waals surface area contributed by atoms with Gasteiger partial charge in [0.25, 0.3) is 0 Å². The lowest BCUT2D eigenvalue weighted by Gasteiger charge is -2.30. The minimum Gasteiger partial charge on any atom is -0.0622 e. The monoisotopic (exact) mass is 796 g/mol. The van der Waals surface area contributed by atoms with Gasteiger partial charge in [0, 0.05) is 0 Å². The first kappa shape index (κ1) is 35.7. The van der Waals surface area contributed by atoms with Crippen LogP contribution >= 0.6 is 0 Å². The summed E-state index contributed by atoms with van der Waals surface area (Å²) in [5.41, 5.74) is 22.6. The fourth-order valence-electron chi connectivity index (χ4n) is 11.2. The Hall–Kier alpha value is -8.06. The largest absolute Gasteiger partial charge is 0.0725 e. The van der Waals surface area contributed by atoms with E-state index in [4.69, 9.17) is 0 Å². The topological polar surface area (TPSA) is 0 Å². The molecule has 292 valence electrons. The average Bonchev–Trinajstić information content (AvgIpc) is 3.83. The highest BCUT2D eigenvalue weighted by molar-refractivity contribution is 6.21. The molecule has 0 unspecified atom stereocenters. The minimum atomic E-state index is -0.398. The SMILES string of the molecule is c1ccc(-c2cc(-c3ccccc3)cc(-c3ccc(-c4c5ccccc5c(-c5ccc6c(c5)C5(c7ccccc7-c7ccccc75)c5ccccc5-6)c5ccccc45)cc3)c2)cc1. The first-order chi connectivity index (χ1) is 31.3. The fraction of sp³-hybridized carbons (Fsp3) is 0.0159. The van der Waals surface area contributed by atoms with Gasteiger partial charge in [-0.1, -0.05) is 218 Å². The summed E-state index contributed by atoms with van der Waals surface area (Å²) >= 11 is 0. The van der Waals surface area contributed by atoms with E-state index in [0.717, 1.165) is 0 Å². The molecule has 0 saturated heterocycles. The van der Waals surface area contributed by atoms with Crippen LogP contribution in [0.1, 0.15) is 22.3 Å². The molecule has 0 atom stereocenters. The molecule has 2 aliphatic rings. The standard InChI is InChI=1S/C63H40/c1-3-17-41(18-4-1)46-37-47(42-19-5-2-6-20-42)39-48(38-46)43-31-33-44(34-32-43)61-53-24-7-9-26-55(53)62(56-27-10-8-25-54(56)61)45-35-36-52-51-23-13-16-30-59(51)63(60(52)40-45)57-28-14-11-21-49(57)50-22-12-15-29-58(50)63/h1-40H. The second kappa shape index (κ2) is 14.0. The van der Waals surface area contributed by atoms with E-state index < -0.39 is 5.41 Å². The minimum absolute atomic E-state index is 0.398. The van der Waals surface area contributed by atoms with Gasteiger partial charge < -0.3 is 0 Å². The van der Waals surface area contributed by atoms with Crippen LogP contribution < -0.4 is 0 Å². The van der Waals surface area contributed by atoms with Crippen LogP contribution in [0.3, 0.4) is 0 Å². The molecule has 2 aliphatic carbocycles. The van der Waals surface area contributed by atoms with Crippen molar-refractivity contribution in [2.24, 2.45) is 0 Å². The van der Waals surface area contributed by atoms with Crippen molar-refractivity contribution in [3.05, 3.63) is 265 Å². The van der Waals surface area contributed by atoms with E-state index in [0.29, 0.717) is 0 Å². The summed E-state index contributed by atoms with van der Waals surface area (Å²) in [6.45, 7) is 0. The van der Waals surface area contributed by atoms with Gasteiger partial charge in [0.15, 0.2) is 0 Å². The number of benzene rings is 11. The van der Waals surface area contributed by atoms with E-state index in [-0.39, 0.29) is 0 Å². The predicted octanol–water partition coefficient (Wildman–Crippen LogP) is 16.7. The number of fused-ring (bicyclic) bond motifs is 12. The van der Waals surface area contributed by atoms with Crippen LogP contribution in [0.2, 0.25) is 0 Å². The Balaban J connectivity index is 0.989. The molecule has 0 saturated carbocycles. The molecule has 0 aliphatic heterocycles. The maximum absolute atomic E-state index is 2.53. The maximum Gasteiger partial charge on any atom is 0.0725 e. The lowest BCUT2D eigenvalue weighted by Crippen LogP contribution is -2.25. The fourth-order valence-corrected chi connectivity index (χ4v) is 11.2. The van der Waals surface area contributed by atoms with Gasteiger partial charge in [0.05, 0.1) is 5.41 Å². The molecule has 0 radical (unpaired) electrons. The summed E-state index contributed by atoms with van der Waals surface area (Å²) in [7, 11) is 0. The van der Waals surface area contributed by atoms with Crippen LogP contribution in [0.15, 0.2) is 243 Å². The Morgan fingerprint density at radius 1 is 0.190 bits per heavy atom. The number of rotatable bonds is 5. The highest BCUT2D eigenvalue weighted by Crippen LogP contribution is 2.63. The maximum atomic E-state index is 2.53. The van der Waals surface area contributed by atoms with Crippen molar-refractivity contribution in [2.75, 3.05) is 0 Å². The summed E-state index contributed by atoms with van der Waals surface area (Å²) < 4.78 is 0. The molecule has 1 spiro atoms. The molecule has 11 aromatic rings. The molecular weight excluding hydrogens is 757 g/mol. The van der Waals surface area contributed by atoms with Gasteiger partial charge in [-0.3, -0.25) is 0 Å². The molecule has 63 heavy (non-hydrogen) atoms. The Kier molecular flexibility index (Phi) is 7.92. The van der Waals surface area contributed by atoms with Gasteiger partial charge in [0.1, 0.15) is 0 Å². The molecule has 0 amide bonds. The van der Waals surface area contributed by atoms with Crippen LogP contribution in [-0.4, -0.2) is 0 Å². The summed E-state index contributed by atoms with van der Waals surface area (Å²) in [5.74, 6) is 0. The zero-order chi connectivity index (χ0) is 41.5. The summed E-state index contributed by atoms with van der Waals surface area (Å²) in [6, 6.07) is 90.3. The molecule has 0 aromatic heterocycles. The summed E-state index contributed by atoms with van der Waals surface area (Å²) in [4.78, 5) is 0. The van der Waals surface area contributed by atoms with Crippen molar-refractivity contribution < 1.29 is 0 Å². The third-order valence-corrected chi connectivity index (χ3v) is 13.9. The molecule has 0 N–H and O–H groups in total.